The zero-order valence-corrected chi connectivity index (χ0v) is 19.2. The summed E-state index contributed by atoms with van der Waals surface area (Å²) < 4.78 is 59.0. The fourth-order valence-electron chi connectivity index (χ4n) is 3.18. The largest absolute Gasteiger partial charge is 0.507 e. The predicted octanol–water partition coefficient (Wildman–Crippen LogP) is 6.36. The van der Waals surface area contributed by atoms with Gasteiger partial charge in [-0.15, -0.1) is 0 Å². The zero-order valence-electron chi connectivity index (χ0n) is 18.5. The summed E-state index contributed by atoms with van der Waals surface area (Å²) in [4.78, 5) is 21.3. The number of phenolic OH excluding ortho intramolecular Hbond substituents is 1. The standard InChI is InChI=1S/C22H20ClF2NO2.C2HF3O2/c1-12(2)9-20(27)26-21(13-7-8-18(24)19(25)10-13)16-11-17(23)14-5-3-4-6-15(14)22(16)28;3-2(4,5)1(6)7/h3-8,10-12,21,28H,9H2,1-2H3,(H,26,27);(H,6,7). The lowest BCUT2D eigenvalue weighted by molar-refractivity contribution is -0.192. The number of halogens is 6. The summed E-state index contributed by atoms with van der Waals surface area (Å²) in [7, 11) is 0. The molecule has 1 amide bonds. The Labute approximate surface area is 202 Å². The molecule has 1 atom stereocenters. The molecule has 0 bridgehead atoms. The Bertz CT molecular complexity index is 1230. The van der Waals surface area contributed by atoms with E-state index in [-0.39, 0.29) is 24.0 Å². The number of hydrogen-bond acceptors (Lipinski definition) is 3. The van der Waals surface area contributed by atoms with E-state index >= 15 is 0 Å². The molecule has 35 heavy (non-hydrogen) atoms. The van der Waals surface area contributed by atoms with E-state index in [9.17, 15) is 31.9 Å². The van der Waals surface area contributed by atoms with Crippen molar-refractivity contribution in [2.45, 2.75) is 32.5 Å². The van der Waals surface area contributed by atoms with Crippen molar-refractivity contribution in [1.29, 1.82) is 0 Å². The Morgan fingerprint density at radius 3 is 2.09 bits per heavy atom. The van der Waals surface area contributed by atoms with E-state index in [1.165, 1.54) is 6.07 Å². The molecule has 3 aromatic rings. The van der Waals surface area contributed by atoms with E-state index in [1.54, 1.807) is 30.3 Å². The Kier molecular flexibility index (Phi) is 9.03. The highest BCUT2D eigenvalue weighted by Gasteiger charge is 2.38. The van der Waals surface area contributed by atoms with Crippen LogP contribution in [0.3, 0.4) is 0 Å². The van der Waals surface area contributed by atoms with Crippen molar-refractivity contribution in [2.75, 3.05) is 0 Å². The third-order valence-electron chi connectivity index (χ3n) is 4.72. The van der Waals surface area contributed by atoms with E-state index in [2.05, 4.69) is 5.32 Å². The minimum Gasteiger partial charge on any atom is -0.507 e. The average Bonchev–Trinajstić information content (AvgIpc) is 2.76. The highest BCUT2D eigenvalue weighted by molar-refractivity contribution is 6.36. The first kappa shape index (κ1) is 27.8. The maximum atomic E-state index is 13.9. The first-order chi connectivity index (χ1) is 16.2. The van der Waals surface area contributed by atoms with Gasteiger partial charge in [0.25, 0.3) is 0 Å². The van der Waals surface area contributed by atoms with Gasteiger partial charge in [-0.25, -0.2) is 13.6 Å². The number of phenols is 1. The quantitative estimate of drug-likeness (QED) is 0.344. The van der Waals surface area contributed by atoms with Crippen molar-refractivity contribution in [3.8, 4) is 5.75 Å². The van der Waals surface area contributed by atoms with Crippen molar-refractivity contribution >= 4 is 34.2 Å². The van der Waals surface area contributed by atoms with Gasteiger partial charge in [-0.3, -0.25) is 4.79 Å². The molecule has 0 radical (unpaired) electrons. The summed E-state index contributed by atoms with van der Waals surface area (Å²) in [6.45, 7) is 3.80. The van der Waals surface area contributed by atoms with Crippen LogP contribution < -0.4 is 5.32 Å². The minimum absolute atomic E-state index is 0.0698. The number of carboxylic acids is 1. The van der Waals surface area contributed by atoms with Crippen LogP contribution in [0.2, 0.25) is 5.02 Å². The first-order valence-electron chi connectivity index (χ1n) is 10.2. The second-order valence-corrected chi connectivity index (χ2v) is 8.32. The van der Waals surface area contributed by atoms with Gasteiger partial charge in [-0.05, 0) is 29.7 Å². The summed E-state index contributed by atoms with van der Waals surface area (Å²) in [6.07, 6.45) is -4.83. The molecule has 3 aromatic carbocycles. The van der Waals surface area contributed by atoms with Crippen molar-refractivity contribution in [3.63, 3.8) is 0 Å². The highest BCUT2D eigenvalue weighted by Crippen LogP contribution is 2.39. The normalized spacial score (nSPS) is 12.1. The molecule has 0 saturated heterocycles. The maximum absolute atomic E-state index is 13.9. The Morgan fingerprint density at radius 2 is 1.57 bits per heavy atom. The lowest BCUT2D eigenvalue weighted by Crippen LogP contribution is -2.30. The van der Waals surface area contributed by atoms with Crippen LogP contribution in [0.25, 0.3) is 10.8 Å². The molecule has 0 aliphatic carbocycles. The molecule has 3 rings (SSSR count). The van der Waals surface area contributed by atoms with E-state index in [0.29, 0.717) is 26.9 Å². The fourth-order valence-corrected chi connectivity index (χ4v) is 3.46. The Morgan fingerprint density at radius 1 is 1.00 bits per heavy atom. The van der Waals surface area contributed by atoms with Gasteiger partial charge in [0.15, 0.2) is 11.6 Å². The molecule has 0 spiro atoms. The second kappa shape index (κ2) is 11.4. The third-order valence-corrected chi connectivity index (χ3v) is 5.04. The molecular formula is C24H21ClF5NO4. The average molecular weight is 518 g/mol. The molecule has 0 aliphatic heterocycles. The maximum Gasteiger partial charge on any atom is 0.490 e. The molecule has 5 nitrogen and oxygen atoms in total. The number of alkyl halides is 3. The number of carbonyl (C=O) groups is 2. The molecular weight excluding hydrogens is 497 g/mol. The highest BCUT2D eigenvalue weighted by atomic mass is 35.5. The molecule has 0 saturated carbocycles. The van der Waals surface area contributed by atoms with Gasteiger partial charge in [-0.2, -0.15) is 13.2 Å². The van der Waals surface area contributed by atoms with E-state index < -0.39 is 29.8 Å². The van der Waals surface area contributed by atoms with Gasteiger partial charge >= 0.3 is 12.1 Å². The molecule has 1 unspecified atom stereocenters. The lowest BCUT2D eigenvalue weighted by atomic mass is 9.94. The summed E-state index contributed by atoms with van der Waals surface area (Å²) in [5, 5.41) is 22.3. The van der Waals surface area contributed by atoms with Gasteiger partial charge < -0.3 is 15.5 Å². The van der Waals surface area contributed by atoms with Crippen LogP contribution in [0, 0.1) is 17.6 Å². The van der Waals surface area contributed by atoms with Crippen molar-refractivity contribution in [1.82, 2.24) is 5.32 Å². The van der Waals surface area contributed by atoms with E-state index in [4.69, 9.17) is 21.5 Å². The van der Waals surface area contributed by atoms with Crippen LogP contribution in [0.1, 0.15) is 37.4 Å². The van der Waals surface area contributed by atoms with Gasteiger partial charge in [0, 0.05) is 27.8 Å². The van der Waals surface area contributed by atoms with E-state index in [1.807, 2.05) is 13.8 Å². The summed E-state index contributed by atoms with van der Waals surface area (Å²) in [5.41, 5.74) is 0.615. The SMILES string of the molecule is CC(C)CC(=O)NC(c1ccc(F)c(F)c1)c1cc(Cl)c2ccccc2c1O.O=C(O)C(F)(F)F. The number of rotatable bonds is 5. The molecule has 0 fully saturated rings. The van der Waals surface area contributed by atoms with Crippen molar-refractivity contribution in [3.05, 3.63) is 76.3 Å². The number of carbonyl (C=O) groups excluding carboxylic acids is 1. The zero-order chi connectivity index (χ0) is 26.5. The van der Waals surface area contributed by atoms with Gasteiger partial charge in [-0.1, -0.05) is 55.8 Å². The van der Waals surface area contributed by atoms with E-state index in [0.717, 1.165) is 12.1 Å². The smallest absolute Gasteiger partial charge is 0.490 e. The number of hydrogen-bond donors (Lipinski definition) is 3. The van der Waals surface area contributed by atoms with Crippen LogP contribution in [-0.2, 0) is 9.59 Å². The molecule has 188 valence electrons. The van der Waals surface area contributed by atoms with Crippen LogP contribution in [-0.4, -0.2) is 28.3 Å². The molecule has 0 aliphatic rings. The molecule has 0 heterocycles. The number of nitrogens with one attached hydrogen (secondary N) is 1. The number of fused-ring (bicyclic) bond motifs is 1. The van der Waals surface area contributed by atoms with Gasteiger partial charge in [0.2, 0.25) is 5.91 Å². The summed E-state index contributed by atoms with van der Waals surface area (Å²) in [5.74, 6) is -5.01. The van der Waals surface area contributed by atoms with Crippen molar-refractivity contribution < 1.29 is 41.8 Å². The summed E-state index contributed by atoms with van der Waals surface area (Å²) in [6, 6.07) is 11.1. The first-order valence-corrected chi connectivity index (χ1v) is 10.5. The number of amides is 1. The lowest BCUT2D eigenvalue weighted by Gasteiger charge is -2.23. The minimum atomic E-state index is -5.08. The second-order valence-electron chi connectivity index (χ2n) is 7.92. The van der Waals surface area contributed by atoms with Crippen LogP contribution in [0.4, 0.5) is 22.0 Å². The van der Waals surface area contributed by atoms with Crippen molar-refractivity contribution in [2.24, 2.45) is 5.92 Å². The van der Waals surface area contributed by atoms with Gasteiger partial charge in [0.1, 0.15) is 5.75 Å². The molecule has 0 aromatic heterocycles. The predicted molar refractivity (Wildman–Crippen MR) is 120 cm³/mol. The van der Waals surface area contributed by atoms with Gasteiger partial charge in [0.05, 0.1) is 6.04 Å². The Balaban J connectivity index is 0.000000540. The molecule has 11 heteroatoms. The number of aromatic hydroxyl groups is 1. The Hall–Kier alpha value is -3.40. The van der Waals surface area contributed by atoms with Crippen LogP contribution in [0.5, 0.6) is 5.75 Å². The molecule has 3 N–H and O–H groups in total. The number of carboxylic acid groups (broad SMARTS) is 1. The number of aliphatic carboxylic acids is 1. The third kappa shape index (κ3) is 7.29. The number of benzene rings is 3. The van der Waals surface area contributed by atoms with Crippen LogP contribution >= 0.6 is 11.6 Å². The summed E-state index contributed by atoms with van der Waals surface area (Å²) >= 11 is 6.39. The monoisotopic (exact) mass is 517 g/mol. The fraction of sp³-hybridized carbons (Fsp3) is 0.250. The topological polar surface area (TPSA) is 86.6 Å². The van der Waals surface area contributed by atoms with Crippen LogP contribution in [0.15, 0.2) is 48.5 Å².